The van der Waals surface area contributed by atoms with Gasteiger partial charge in [0.05, 0.1) is 18.2 Å². The van der Waals surface area contributed by atoms with Gasteiger partial charge in [-0.3, -0.25) is 4.98 Å². The quantitative estimate of drug-likeness (QED) is 0.700. The molecule has 1 aromatic heterocycles. The summed E-state index contributed by atoms with van der Waals surface area (Å²) in [5.41, 5.74) is 1.15. The van der Waals surface area contributed by atoms with Gasteiger partial charge in [0.2, 0.25) is 6.79 Å². The van der Waals surface area contributed by atoms with E-state index in [1.807, 2.05) is 0 Å². The molecule has 2 aromatic rings. The standard InChI is InChI=1S/C12H9NO4/c1-15-12(14)7-2-3-13-9-5-11-10(4-8(7)9)16-6-17-11/h2-5H,6H2,1H3. The molecule has 1 aliphatic heterocycles. The molecule has 0 spiro atoms. The van der Waals surface area contributed by atoms with Crippen molar-refractivity contribution in [3.63, 3.8) is 0 Å². The average molecular weight is 231 g/mol. The molecule has 0 fully saturated rings. The van der Waals surface area contributed by atoms with Gasteiger partial charge in [-0.2, -0.15) is 0 Å². The lowest BCUT2D eigenvalue weighted by Gasteiger charge is -2.05. The molecular weight excluding hydrogens is 222 g/mol. The van der Waals surface area contributed by atoms with Gasteiger partial charge in [0.15, 0.2) is 11.5 Å². The smallest absolute Gasteiger partial charge is 0.338 e. The van der Waals surface area contributed by atoms with Gasteiger partial charge in [-0.15, -0.1) is 0 Å². The van der Waals surface area contributed by atoms with E-state index in [9.17, 15) is 4.79 Å². The predicted molar refractivity (Wildman–Crippen MR) is 59.2 cm³/mol. The van der Waals surface area contributed by atoms with Gasteiger partial charge < -0.3 is 14.2 Å². The average Bonchev–Trinajstić information content (AvgIpc) is 2.81. The van der Waals surface area contributed by atoms with Gasteiger partial charge in [0.25, 0.3) is 0 Å². The lowest BCUT2D eigenvalue weighted by atomic mass is 10.1. The number of nitrogens with zero attached hydrogens (tertiary/aromatic N) is 1. The van der Waals surface area contributed by atoms with Gasteiger partial charge in [0, 0.05) is 17.6 Å². The Labute approximate surface area is 96.9 Å². The third-order valence-corrected chi connectivity index (χ3v) is 2.64. The number of methoxy groups -OCH3 is 1. The maximum atomic E-state index is 11.6. The summed E-state index contributed by atoms with van der Waals surface area (Å²) in [5.74, 6) is 0.874. The number of pyridine rings is 1. The first-order valence-corrected chi connectivity index (χ1v) is 5.06. The van der Waals surface area contributed by atoms with E-state index in [4.69, 9.17) is 14.2 Å². The fraction of sp³-hybridized carbons (Fsp3) is 0.167. The molecule has 0 saturated heterocycles. The number of hydrogen-bond acceptors (Lipinski definition) is 5. The molecule has 1 aliphatic rings. The number of rotatable bonds is 1. The van der Waals surface area contributed by atoms with Gasteiger partial charge in [-0.25, -0.2) is 4.79 Å². The van der Waals surface area contributed by atoms with Crippen LogP contribution in [-0.2, 0) is 4.74 Å². The Morgan fingerprint density at radius 1 is 1.35 bits per heavy atom. The van der Waals surface area contributed by atoms with E-state index in [0.29, 0.717) is 28.0 Å². The number of fused-ring (bicyclic) bond motifs is 2. The highest BCUT2D eigenvalue weighted by Crippen LogP contribution is 2.36. The van der Waals surface area contributed by atoms with Gasteiger partial charge in [0.1, 0.15) is 0 Å². The van der Waals surface area contributed by atoms with Gasteiger partial charge in [-0.05, 0) is 12.1 Å². The van der Waals surface area contributed by atoms with Crippen LogP contribution in [-0.4, -0.2) is 24.9 Å². The summed E-state index contributed by atoms with van der Waals surface area (Å²) in [6.45, 7) is 0.194. The Balaban J connectivity index is 2.28. The summed E-state index contributed by atoms with van der Waals surface area (Å²) in [6.07, 6.45) is 1.57. The van der Waals surface area contributed by atoms with E-state index < -0.39 is 5.97 Å². The number of ether oxygens (including phenoxy) is 3. The zero-order valence-corrected chi connectivity index (χ0v) is 9.10. The SMILES string of the molecule is COC(=O)c1ccnc2cc3c(cc12)OCO3. The predicted octanol–water partition coefficient (Wildman–Crippen LogP) is 1.75. The molecule has 0 atom stereocenters. The normalized spacial score (nSPS) is 12.8. The molecule has 0 N–H and O–H groups in total. The molecule has 5 heteroatoms. The first-order chi connectivity index (χ1) is 8.29. The Bertz CT molecular complexity index is 609. The van der Waals surface area contributed by atoms with Crippen molar-refractivity contribution in [2.24, 2.45) is 0 Å². The third-order valence-electron chi connectivity index (χ3n) is 2.64. The van der Waals surface area contributed by atoms with Crippen molar-refractivity contribution in [3.05, 3.63) is 30.0 Å². The molecular formula is C12H9NO4. The minimum atomic E-state index is -0.392. The summed E-state index contributed by atoms with van der Waals surface area (Å²) in [7, 11) is 1.35. The van der Waals surface area contributed by atoms with E-state index in [1.165, 1.54) is 7.11 Å². The zero-order chi connectivity index (χ0) is 11.8. The highest BCUT2D eigenvalue weighted by molar-refractivity contribution is 6.04. The van der Waals surface area contributed by atoms with Gasteiger partial charge >= 0.3 is 5.97 Å². The number of carbonyl (C=O) groups excluding carboxylic acids is 1. The van der Waals surface area contributed by atoms with E-state index >= 15 is 0 Å². The van der Waals surface area contributed by atoms with Crippen LogP contribution >= 0.6 is 0 Å². The molecule has 0 unspecified atom stereocenters. The second-order valence-electron chi connectivity index (χ2n) is 3.57. The molecule has 0 saturated carbocycles. The maximum absolute atomic E-state index is 11.6. The molecule has 0 amide bonds. The van der Waals surface area contributed by atoms with Crippen molar-refractivity contribution in [1.29, 1.82) is 0 Å². The van der Waals surface area contributed by atoms with Crippen LogP contribution in [0.1, 0.15) is 10.4 Å². The lowest BCUT2D eigenvalue weighted by molar-refractivity contribution is 0.0603. The topological polar surface area (TPSA) is 57.7 Å². The van der Waals surface area contributed by atoms with Gasteiger partial charge in [-0.1, -0.05) is 0 Å². The second kappa shape index (κ2) is 3.62. The van der Waals surface area contributed by atoms with Crippen molar-refractivity contribution in [1.82, 2.24) is 4.98 Å². The maximum Gasteiger partial charge on any atom is 0.338 e. The van der Waals surface area contributed by atoms with Crippen molar-refractivity contribution < 1.29 is 19.0 Å². The number of esters is 1. The molecule has 0 radical (unpaired) electrons. The molecule has 1 aromatic carbocycles. The number of aromatic nitrogens is 1. The number of carbonyl (C=O) groups is 1. The monoisotopic (exact) mass is 231 g/mol. The summed E-state index contributed by atoms with van der Waals surface area (Å²) in [5, 5.41) is 0.698. The Morgan fingerprint density at radius 3 is 2.88 bits per heavy atom. The minimum absolute atomic E-state index is 0.194. The van der Waals surface area contributed by atoms with Crippen LogP contribution in [0.25, 0.3) is 10.9 Å². The molecule has 86 valence electrons. The van der Waals surface area contributed by atoms with Crippen LogP contribution in [0.15, 0.2) is 24.4 Å². The van der Waals surface area contributed by atoms with Crippen molar-refractivity contribution in [2.75, 3.05) is 13.9 Å². The van der Waals surface area contributed by atoms with Crippen molar-refractivity contribution in [3.8, 4) is 11.5 Å². The lowest BCUT2D eigenvalue weighted by Crippen LogP contribution is -2.02. The number of hydrogen-bond donors (Lipinski definition) is 0. The second-order valence-corrected chi connectivity index (χ2v) is 3.57. The molecule has 5 nitrogen and oxygen atoms in total. The van der Waals surface area contributed by atoms with Crippen molar-refractivity contribution >= 4 is 16.9 Å². The first-order valence-electron chi connectivity index (χ1n) is 5.06. The summed E-state index contributed by atoms with van der Waals surface area (Å²) in [6, 6.07) is 5.12. The molecule has 0 aliphatic carbocycles. The molecule has 2 heterocycles. The Hall–Kier alpha value is -2.30. The van der Waals surface area contributed by atoms with Crippen molar-refractivity contribution in [2.45, 2.75) is 0 Å². The highest BCUT2D eigenvalue weighted by atomic mass is 16.7. The largest absolute Gasteiger partial charge is 0.465 e. The Morgan fingerprint density at radius 2 is 2.12 bits per heavy atom. The third kappa shape index (κ3) is 1.47. The van der Waals surface area contributed by atoms with Crippen LogP contribution < -0.4 is 9.47 Å². The summed E-state index contributed by atoms with van der Waals surface area (Å²) in [4.78, 5) is 15.8. The fourth-order valence-electron chi connectivity index (χ4n) is 1.82. The Kier molecular flexibility index (Phi) is 2.11. The first kappa shape index (κ1) is 9.89. The van der Waals surface area contributed by atoms with Crippen LogP contribution in [0.5, 0.6) is 11.5 Å². The molecule has 3 rings (SSSR count). The van der Waals surface area contributed by atoms with E-state index in [0.717, 1.165) is 0 Å². The summed E-state index contributed by atoms with van der Waals surface area (Å²) >= 11 is 0. The van der Waals surface area contributed by atoms with E-state index in [1.54, 1.807) is 24.4 Å². The zero-order valence-electron chi connectivity index (χ0n) is 9.10. The number of benzene rings is 1. The highest BCUT2D eigenvalue weighted by Gasteiger charge is 2.18. The van der Waals surface area contributed by atoms with E-state index in [-0.39, 0.29) is 6.79 Å². The molecule has 17 heavy (non-hydrogen) atoms. The van der Waals surface area contributed by atoms with Crippen LogP contribution in [0.2, 0.25) is 0 Å². The summed E-state index contributed by atoms with van der Waals surface area (Å²) < 4.78 is 15.3. The van der Waals surface area contributed by atoms with Crippen LogP contribution in [0.4, 0.5) is 0 Å². The molecule has 0 bridgehead atoms. The van der Waals surface area contributed by atoms with Crippen LogP contribution in [0, 0.1) is 0 Å². The van der Waals surface area contributed by atoms with E-state index in [2.05, 4.69) is 4.98 Å². The van der Waals surface area contributed by atoms with Crippen LogP contribution in [0.3, 0.4) is 0 Å². The minimum Gasteiger partial charge on any atom is -0.465 e. The fourth-order valence-corrected chi connectivity index (χ4v) is 1.82.